The zero-order valence-corrected chi connectivity index (χ0v) is 14.1. The Morgan fingerprint density at radius 1 is 1.41 bits per heavy atom. The van der Waals surface area contributed by atoms with E-state index in [9.17, 15) is 4.79 Å². The fraction of sp³-hybridized carbons (Fsp3) is 0.389. The van der Waals surface area contributed by atoms with E-state index in [-0.39, 0.29) is 5.78 Å². The van der Waals surface area contributed by atoms with E-state index >= 15 is 0 Å². The Morgan fingerprint density at radius 3 is 2.95 bits per heavy atom. The van der Waals surface area contributed by atoms with Gasteiger partial charge in [0, 0.05) is 35.1 Å². The first-order valence-electron chi connectivity index (χ1n) is 7.58. The Morgan fingerprint density at radius 2 is 2.23 bits per heavy atom. The average Bonchev–Trinajstić information content (AvgIpc) is 2.99. The Kier molecular flexibility index (Phi) is 4.32. The molecule has 2 heterocycles. The Bertz CT molecular complexity index is 692. The summed E-state index contributed by atoms with van der Waals surface area (Å²) < 4.78 is 5.48. The van der Waals surface area contributed by atoms with E-state index in [0.717, 1.165) is 36.4 Å². The molecule has 0 spiro atoms. The van der Waals surface area contributed by atoms with Crippen LogP contribution < -0.4 is 4.74 Å². The van der Waals surface area contributed by atoms with E-state index in [2.05, 4.69) is 23.3 Å². The maximum absolute atomic E-state index is 11.6. The molecule has 1 aromatic carbocycles. The van der Waals surface area contributed by atoms with Gasteiger partial charge in [-0.2, -0.15) is 0 Å². The van der Waals surface area contributed by atoms with Crippen LogP contribution in [0.2, 0.25) is 0 Å². The van der Waals surface area contributed by atoms with E-state index in [0.29, 0.717) is 6.04 Å². The van der Waals surface area contributed by atoms with E-state index < -0.39 is 0 Å². The van der Waals surface area contributed by atoms with Crippen LogP contribution in [0.3, 0.4) is 0 Å². The number of methoxy groups -OCH3 is 1. The lowest BCUT2D eigenvalue weighted by atomic mass is 9.99. The minimum absolute atomic E-state index is 0.0933. The topological polar surface area (TPSA) is 29.5 Å². The van der Waals surface area contributed by atoms with Gasteiger partial charge in [0.1, 0.15) is 5.75 Å². The number of ketones is 1. The molecule has 0 fully saturated rings. The molecule has 1 aromatic heterocycles. The zero-order valence-electron chi connectivity index (χ0n) is 13.3. The van der Waals surface area contributed by atoms with Crippen molar-refractivity contribution in [2.24, 2.45) is 0 Å². The number of ether oxygens (including phenoxy) is 1. The van der Waals surface area contributed by atoms with Gasteiger partial charge in [-0.1, -0.05) is 0 Å². The van der Waals surface area contributed by atoms with Crippen LogP contribution in [-0.2, 0) is 13.0 Å². The van der Waals surface area contributed by atoms with Crippen LogP contribution >= 0.6 is 11.3 Å². The molecule has 0 radical (unpaired) electrons. The molecule has 4 heteroatoms. The first-order chi connectivity index (χ1) is 10.6. The highest BCUT2D eigenvalue weighted by Gasteiger charge is 2.25. The minimum Gasteiger partial charge on any atom is -0.496 e. The van der Waals surface area contributed by atoms with Crippen LogP contribution in [0.1, 0.15) is 46.3 Å². The van der Waals surface area contributed by atoms with Crippen LogP contribution in [0.25, 0.3) is 0 Å². The summed E-state index contributed by atoms with van der Waals surface area (Å²) in [5.41, 5.74) is 3.27. The number of thiophene rings is 1. The molecule has 1 aliphatic rings. The molecule has 22 heavy (non-hydrogen) atoms. The van der Waals surface area contributed by atoms with Crippen molar-refractivity contribution in [1.29, 1.82) is 0 Å². The summed E-state index contributed by atoms with van der Waals surface area (Å²) in [6.45, 7) is 5.71. The summed E-state index contributed by atoms with van der Waals surface area (Å²) >= 11 is 1.86. The SMILES string of the molecule is COc1ccc(C(C)=O)cc1CN1CCc2sccc2[C@H]1C. The molecular formula is C18H21NO2S. The summed E-state index contributed by atoms with van der Waals surface area (Å²) in [5.74, 6) is 0.948. The third kappa shape index (κ3) is 2.81. The van der Waals surface area contributed by atoms with Crippen molar-refractivity contribution >= 4 is 17.1 Å². The van der Waals surface area contributed by atoms with Gasteiger partial charge in [0.15, 0.2) is 5.78 Å². The molecule has 0 saturated heterocycles. The molecule has 0 saturated carbocycles. The van der Waals surface area contributed by atoms with Gasteiger partial charge in [0.25, 0.3) is 0 Å². The molecule has 0 N–H and O–H groups in total. The van der Waals surface area contributed by atoms with Crippen LogP contribution in [0.5, 0.6) is 5.75 Å². The fourth-order valence-electron chi connectivity index (χ4n) is 3.12. The predicted molar refractivity (Wildman–Crippen MR) is 89.8 cm³/mol. The van der Waals surface area contributed by atoms with Crippen molar-refractivity contribution in [3.8, 4) is 5.75 Å². The number of nitrogens with zero attached hydrogens (tertiary/aromatic N) is 1. The van der Waals surface area contributed by atoms with Crippen molar-refractivity contribution in [2.75, 3.05) is 13.7 Å². The molecule has 0 aliphatic carbocycles. The molecule has 2 aromatic rings. The summed E-state index contributed by atoms with van der Waals surface area (Å²) in [7, 11) is 1.68. The molecule has 1 aliphatic heterocycles. The molecular weight excluding hydrogens is 294 g/mol. The first kappa shape index (κ1) is 15.3. The summed E-state index contributed by atoms with van der Waals surface area (Å²) in [5, 5.41) is 2.18. The highest BCUT2D eigenvalue weighted by Crippen LogP contribution is 2.34. The van der Waals surface area contributed by atoms with Crippen molar-refractivity contribution in [1.82, 2.24) is 4.90 Å². The van der Waals surface area contributed by atoms with Gasteiger partial charge >= 0.3 is 0 Å². The Labute approximate surface area is 135 Å². The van der Waals surface area contributed by atoms with Gasteiger partial charge in [-0.3, -0.25) is 9.69 Å². The van der Waals surface area contributed by atoms with Gasteiger partial charge in [0.2, 0.25) is 0 Å². The summed E-state index contributed by atoms with van der Waals surface area (Å²) in [6.07, 6.45) is 1.10. The van der Waals surface area contributed by atoms with Gasteiger partial charge in [-0.25, -0.2) is 0 Å². The number of rotatable bonds is 4. The lowest BCUT2D eigenvalue weighted by Crippen LogP contribution is -2.32. The van der Waals surface area contributed by atoms with Crippen LogP contribution in [0, 0.1) is 0 Å². The highest BCUT2D eigenvalue weighted by atomic mass is 32.1. The Balaban J connectivity index is 1.87. The average molecular weight is 315 g/mol. The van der Waals surface area contributed by atoms with E-state index in [4.69, 9.17) is 4.74 Å². The van der Waals surface area contributed by atoms with Gasteiger partial charge in [-0.15, -0.1) is 11.3 Å². The number of carbonyl (C=O) groups is 1. The maximum Gasteiger partial charge on any atom is 0.159 e. The number of benzene rings is 1. The molecule has 1 atom stereocenters. The number of carbonyl (C=O) groups excluding carboxylic acids is 1. The standard InChI is InChI=1S/C18H21NO2S/c1-12-16-7-9-22-18(16)6-8-19(12)11-15-10-14(13(2)20)4-5-17(15)21-3/h4-5,7,9-10,12H,6,8,11H2,1-3H3/t12-/m1/s1. The zero-order chi connectivity index (χ0) is 15.7. The van der Waals surface area contributed by atoms with Crippen molar-refractivity contribution in [2.45, 2.75) is 32.9 Å². The number of hydrogen-bond donors (Lipinski definition) is 0. The van der Waals surface area contributed by atoms with Crippen molar-refractivity contribution < 1.29 is 9.53 Å². The first-order valence-corrected chi connectivity index (χ1v) is 8.46. The molecule has 0 bridgehead atoms. The van der Waals surface area contributed by atoms with Gasteiger partial charge in [-0.05, 0) is 55.5 Å². The second-order valence-electron chi connectivity index (χ2n) is 5.78. The molecule has 0 amide bonds. The largest absolute Gasteiger partial charge is 0.496 e. The monoisotopic (exact) mass is 315 g/mol. The summed E-state index contributed by atoms with van der Waals surface area (Å²) in [4.78, 5) is 15.6. The second kappa shape index (κ2) is 6.23. The number of hydrogen-bond acceptors (Lipinski definition) is 4. The predicted octanol–water partition coefficient (Wildman–Crippen LogP) is 4.08. The lowest BCUT2D eigenvalue weighted by Gasteiger charge is -2.34. The second-order valence-corrected chi connectivity index (χ2v) is 6.78. The smallest absolute Gasteiger partial charge is 0.159 e. The van der Waals surface area contributed by atoms with E-state index in [1.165, 1.54) is 10.4 Å². The third-order valence-corrected chi connectivity index (χ3v) is 5.46. The van der Waals surface area contributed by atoms with Crippen LogP contribution in [0.4, 0.5) is 0 Å². The lowest BCUT2D eigenvalue weighted by molar-refractivity contribution is 0.101. The summed E-state index contributed by atoms with van der Waals surface area (Å²) in [6, 6.07) is 8.34. The van der Waals surface area contributed by atoms with Crippen molar-refractivity contribution in [3.63, 3.8) is 0 Å². The molecule has 0 unspecified atom stereocenters. The normalized spacial score (nSPS) is 18.0. The van der Waals surface area contributed by atoms with Gasteiger partial charge in [0.05, 0.1) is 7.11 Å². The van der Waals surface area contributed by atoms with Gasteiger partial charge < -0.3 is 4.74 Å². The number of fused-ring (bicyclic) bond motifs is 1. The molecule has 3 rings (SSSR count). The molecule has 3 nitrogen and oxygen atoms in total. The van der Waals surface area contributed by atoms with Crippen LogP contribution in [0.15, 0.2) is 29.6 Å². The molecule has 116 valence electrons. The van der Waals surface area contributed by atoms with Crippen molar-refractivity contribution in [3.05, 3.63) is 51.2 Å². The maximum atomic E-state index is 11.6. The highest BCUT2D eigenvalue weighted by molar-refractivity contribution is 7.10. The fourth-order valence-corrected chi connectivity index (χ4v) is 4.08. The number of Topliss-reactive ketones (excluding diaryl/α,β-unsaturated/α-hetero) is 1. The quantitative estimate of drug-likeness (QED) is 0.796. The minimum atomic E-state index is 0.0933. The van der Waals surface area contributed by atoms with E-state index in [1.54, 1.807) is 14.0 Å². The van der Waals surface area contributed by atoms with E-state index in [1.807, 2.05) is 29.5 Å². The third-order valence-electron chi connectivity index (χ3n) is 4.46. The Hall–Kier alpha value is -1.65. The van der Waals surface area contributed by atoms with Crippen LogP contribution in [-0.4, -0.2) is 24.3 Å².